The summed E-state index contributed by atoms with van der Waals surface area (Å²) in [5, 5.41) is 0. The standard InChI is InChI=1S/C23H12N6O2.Pt/c1-3-24-10-26-18(1)16-6-14(8-20-22(16)28-12-30-20)5-15-7-17(19-2-4-25-11-27-19)23-21(9-15)31-13-29-23;/h1-4,8-13H,5H2;/q-2;+2. The first-order valence-corrected chi connectivity index (χ1v) is 9.45. The van der Waals surface area contributed by atoms with Crippen LogP contribution in [0.15, 0.2) is 70.9 Å². The Bertz CT molecular complexity index is 1400. The molecule has 8 nitrogen and oxygen atoms in total. The van der Waals surface area contributed by atoms with E-state index in [4.69, 9.17) is 8.83 Å². The van der Waals surface area contributed by atoms with Crippen LogP contribution in [0.25, 0.3) is 44.7 Å². The molecule has 0 aliphatic rings. The van der Waals surface area contributed by atoms with Gasteiger partial charge in [0.1, 0.15) is 12.7 Å². The third-order valence-electron chi connectivity index (χ3n) is 4.90. The van der Waals surface area contributed by atoms with E-state index in [1.54, 1.807) is 12.4 Å². The maximum absolute atomic E-state index is 5.58. The molecule has 0 N–H and O–H groups in total. The van der Waals surface area contributed by atoms with Gasteiger partial charge in [-0.05, 0) is 17.8 Å². The van der Waals surface area contributed by atoms with Crippen LogP contribution >= 0.6 is 0 Å². The Morgan fingerprint density at radius 1 is 0.688 bits per heavy atom. The van der Waals surface area contributed by atoms with Crippen molar-refractivity contribution in [2.45, 2.75) is 6.42 Å². The van der Waals surface area contributed by atoms with Crippen LogP contribution in [-0.4, -0.2) is 29.9 Å². The summed E-state index contributed by atoms with van der Waals surface area (Å²) in [6.45, 7) is 0. The van der Waals surface area contributed by atoms with E-state index in [0.29, 0.717) is 28.6 Å². The minimum atomic E-state index is 0. The summed E-state index contributed by atoms with van der Waals surface area (Å²) in [4.78, 5) is 25.3. The van der Waals surface area contributed by atoms with Gasteiger partial charge >= 0.3 is 21.1 Å². The van der Waals surface area contributed by atoms with Gasteiger partial charge in [0.25, 0.3) is 0 Å². The van der Waals surface area contributed by atoms with Gasteiger partial charge in [-0.15, -0.1) is 23.3 Å². The van der Waals surface area contributed by atoms with Crippen LogP contribution in [0.2, 0.25) is 0 Å². The Morgan fingerprint density at radius 2 is 1.19 bits per heavy atom. The van der Waals surface area contributed by atoms with Gasteiger partial charge in [-0.1, -0.05) is 35.4 Å². The fourth-order valence-electron chi connectivity index (χ4n) is 3.56. The number of nitrogens with zero attached hydrogens (tertiary/aromatic N) is 6. The summed E-state index contributed by atoms with van der Waals surface area (Å²) in [5.41, 5.74) is 7.54. The number of hydrogen-bond acceptors (Lipinski definition) is 8. The molecule has 0 aliphatic carbocycles. The minimum absolute atomic E-state index is 0. The molecule has 0 aliphatic heterocycles. The van der Waals surface area contributed by atoms with Crippen LogP contribution in [0.5, 0.6) is 0 Å². The second-order valence-corrected chi connectivity index (χ2v) is 6.84. The number of hydrogen-bond donors (Lipinski definition) is 0. The molecule has 0 amide bonds. The molecule has 9 heteroatoms. The molecular formula is C23H12N6O2Pt. The molecule has 0 saturated carbocycles. The summed E-state index contributed by atoms with van der Waals surface area (Å²) in [7, 11) is 0. The van der Waals surface area contributed by atoms with Crippen molar-refractivity contribution in [2.75, 3.05) is 0 Å². The van der Waals surface area contributed by atoms with Crippen molar-refractivity contribution < 1.29 is 29.9 Å². The van der Waals surface area contributed by atoms with Gasteiger partial charge in [0.15, 0.2) is 12.8 Å². The van der Waals surface area contributed by atoms with Crippen molar-refractivity contribution in [1.29, 1.82) is 0 Å². The number of rotatable bonds is 4. The van der Waals surface area contributed by atoms with Gasteiger partial charge in [0, 0.05) is 23.4 Å². The molecule has 0 radical (unpaired) electrons. The monoisotopic (exact) mass is 599 g/mol. The molecule has 32 heavy (non-hydrogen) atoms. The Kier molecular flexibility index (Phi) is 5.29. The predicted molar refractivity (Wildman–Crippen MR) is 111 cm³/mol. The molecule has 6 aromatic rings. The molecule has 4 heterocycles. The van der Waals surface area contributed by atoms with Gasteiger partial charge in [0.05, 0.1) is 11.2 Å². The first-order chi connectivity index (χ1) is 15.3. The van der Waals surface area contributed by atoms with Gasteiger partial charge < -0.3 is 8.83 Å². The second kappa shape index (κ2) is 8.40. The molecule has 2 aromatic carbocycles. The quantitative estimate of drug-likeness (QED) is 0.280. The van der Waals surface area contributed by atoms with Crippen LogP contribution < -0.4 is 0 Å². The fourth-order valence-corrected chi connectivity index (χ4v) is 3.56. The zero-order valence-corrected chi connectivity index (χ0v) is 18.6. The smallest absolute Gasteiger partial charge is 0.464 e. The van der Waals surface area contributed by atoms with E-state index in [0.717, 1.165) is 33.6 Å². The largest absolute Gasteiger partial charge is 2.00 e. The van der Waals surface area contributed by atoms with Gasteiger partial charge in [-0.2, -0.15) is 0 Å². The summed E-state index contributed by atoms with van der Waals surface area (Å²) in [6.07, 6.45) is 9.77. The van der Waals surface area contributed by atoms with Crippen LogP contribution in [0, 0.1) is 12.1 Å². The molecule has 0 saturated heterocycles. The summed E-state index contributed by atoms with van der Waals surface area (Å²) in [5.74, 6) is 0. The van der Waals surface area contributed by atoms with Crippen molar-refractivity contribution in [3.8, 4) is 22.5 Å². The van der Waals surface area contributed by atoms with Crippen molar-refractivity contribution in [3.63, 3.8) is 0 Å². The Hall–Kier alpha value is -3.77. The zero-order valence-electron chi connectivity index (χ0n) is 16.3. The number of benzene rings is 2. The third kappa shape index (κ3) is 3.59. The van der Waals surface area contributed by atoms with Crippen LogP contribution in [0.3, 0.4) is 0 Å². The topological polar surface area (TPSA) is 104 Å². The van der Waals surface area contributed by atoms with E-state index in [2.05, 4.69) is 42.0 Å². The van der Waals surface area contributed by atoms with Crippen molar-refractivity contribution in [3.05, 3.63) is 85.4 Å². The molecular weight excluding hydrogens is 587 g/mol. The van der Waals surface area contributed by atoms with Crippen molar-refractivity contribution in [2.24, 2.45) is 0 Å². The van der Waals surface area contributed by atoms with E-state index >= 15 is 0 Å². The van der Waals surface area contributed by atoms with Crippen LogP contribution in [0.4, 0.5) is 0 Å². The number of oxazole rings is 2. The zero-order chi connectivity index (χ0) is 20.6. The van der Waals surface area contributed by atoms with Crippen molar-refractivity contribution >= 4 is 22.2 Å². The summed E-state index contributed by atoms with van der Waals surface area (Å²) < 4.78 is 11.2. The molecule has 0 fully saturated rings. The Morgan fingerprint density at radius 3 is 1.62 bits per heavy atom. The van der Waals surface area contributed by atoms with E-state index in [9.17, 15) is 0 Å². The SMILES string of the molecule is [Pt+2].[c-]1c(Cc2[c-]c(-c3ccncn3)c3ncoc3c2)cc2ocnc2c1-c1ccncn1. The molecule has 0 spiro atoms. The first-order valence-electron chi connectivity index (χ1n) is 9.45. The van der Waals surface area contributed by atoms with Gasteiger partial charge in [-0.25, -0.2) is 9.97 Å². The predicted octanol–water partition coefficient (Wildman–Crippen LogP) is 4.07. The van der Waals surface area contributed by atoms with Gasteiger partial charge in [0.2, 0.25) is 0 Å². The Labute approximate surface area is 196 Å². The molecule has 0 bridgehead atoms. The van der Waals surface area contributed by atoms with E-state index in [1.165, 1.54) is 25.4 Å². The molecule has 4 aromatic heterocycles. The maximum atomic E-state index is 5.58. The average molecular weight is 599 g/mol. The van der Waals surface area contributed by atoms with E-state index in [-0.39, 0.29) is 21.1 Å². The third-order valence-corrected chi connectivity index (χ3v) is 4.90. The second-order valence-electron chi connectivity index (χ2n) is 6.84. The van der Waals surface area contributed by atoms with Crippen LogP contribution in [0.1, 0.15) is 11.1 Å². The average Bonchev–Trinajstić information content (AvgIpc) is 3.48. The molecule has 0 unspecified atom stereocenters. The number of fused-ring (bicyclic) bond motifs is 2. The number of aromatic nitrogens is 6. The fraction of sp³-hybridized carbons (Fsp3) is 0.0435. The minimum Gasteiger partial charge on any atom is -0.464 e. The molecule has 156 valence electrons. The van der Waals surface area contributed by atoms with E-state index < -0.39 is 0 Å². The Balaban J connectivity index is 0.00000216. The van der Waals surface area contributed by atoms with Gasteiger partial charge in [-0.3, -0.25) is 19.9 Å². The summed E-state index contributed by atoms with van der Waals surface area (Å²) in [6, 6.07) is 14.4. The van der Waals surface area contributed by atoms with Crippen molar-refractivity contribution in [1.82, 2.24) is 29.9 Å². The first kappa shape index (κ1) is 20.1. The molecule has 0 atom stereocenters. The molecule has 6 rings (SSSR count). The maximum Gasteiger partial charge on any atom is 2.00 e. The summed E-state index contributed by atoms with van der Waals surface area (Å²) >= 11 is 0. The van der Waals surface area contributed by atoms with Crippen LogP contribution in [-0.2, 0) is 27.5 Å². The normalized spacial score (nSPS) is 11.0. The van der Waals surface area contributed by atoms with E-state index in [1.807, 2.05) is 24.3 Å².